The van der Waals surface area contributed by atoms with Crippen LogP contribution < -0.4 is 20.9 Å². The number of nitrogens with one attached hydrogen (secondary N) is 3. The molecule has 3 amide bonds. The van der Waals surface area contributed by atoms with Gasteiger partial charge in [0.25, 0.3) is 5.91 Å². The van der Waals surface area contributed by atoms with Crippen LogP contribution in [-0.2, 0) is 4.79 Å². The molecule has 3 aromatic heterocycles. The maximum Gasteiger partial charge on any atom is 0.326 e. The molecule has 33 heavy (non-hydrogen) atoms. The summed E-state index contributed by atoms with van der Waals surface area (Å²) in [5, 5.41) is 13.0. The molecule has 0 bridgehead atoms. The number of urea groups is 1. The van der Waals surface area contributed by atoms with Crippen LogP contribution in [-0.4, -0.2) is 38.6 Å². The van der Waals surface area contributed by atoms with E-state index in [4.69, 9.17) is 16.6 Å². The molecular weight excluding hydrogens is 444 g/mol. The summed E-state index contributed by atoms with van der Waals surface area (Å²) in [7, 11) is 1.90. The number of pyridine rings is 1. The van der Waals surface area contributed by atoms with Crippen LogP contribution >= 0.6 is 11.6 Å². The van der Waals surface area contributed by atoms with Crippen LogP contribution in [0.5, 0.6) is 0 Å². The molecule has 0 saturated carbocycles. The number of halogens is 1. The second-order valence-electron chi connectivity index (χ2n) is 7.20. The van der Waals surface area contributed by atoms with E-state index >= 15 is 0 Å². The molecule has 0 aliphatic carbocycles. The lowest BCUT2D eigenvalue weighted by Gasteiger charge is -2.21. The Morgan fingerprint density at radius 3 is 2.67 bits per heavy atom. The quantitative estimate of drug-likeness (QED) is 0.308. The Bertz CT molecular complexity index is 1420. The molecule has 1 saturated heterocycles. The molecule has 0 atom stereocenters. The molecule has 1 fully saturated rings. The molecule has 0 spiro atoms. The second kappa shape index (κ2) is 8.24. The van der Waals surface area contributed by atoms with Gasteiger partial charge in [-0.3, -0.25) is 15.1 Å². The highest BCUT2D eigenvalue weighted by molar-refractivity contribution is 6.30. The van der Waals surface area contributed by atoms with Gasteiger partial charge >= 0.3 is 6.03 Å². The number of amides is 3. The Labute approximate surface area is 192 Å². The minimum Gasteiger partial charge on any atom is -0.340 e. The number of hydrogen-bond donors (Lipinski definition) is 3. The smallest absolute Gasteiger partial charge is 0.326 e. The normalized spacial score (nSPS) is 14.4. The van der Waals surface area contributed by atoms with Gasteiger partial charge in [-0.1, -0.05) is 17.7 Å². The van der Waals surface area contributed by atoms with Gasteiger partial charge in [-0.05, 0) is 36.4 Å². The van der Waals surface area contributed by atoms with Gasteiger partial charge in [0.15, 0.2) is 5.65 Å². The molecule has 1 aliphatic heterocycles. The minimum absolute atomic E-state index is 0.119. The lowest BCUT2D eigenvalue weighted by molar-refractivity contribution is -0.115. The molecule has 1 aromatic carbocycles. The third-order valence-corrected chi connectivity index (χ3v) is 5.23. The molecule has 10 nitrogen and oxygen atoms in total. The highest BCUT2D eigenvalue weighted by atomic mass is 35.5. The van der Waals surface area contributed by atoms with E-state index in [-0.39, 0.29) is 5.70 Å². The van der Waals surface area contributed by atoms with Gasteiger partial charge in [0.2, 0.25) is 0 Å². The minimum atomic E-state index is -0.572. The second-order valence-corrected chi connectivity index (χ2v) is 7.64. The van der Waals surface area contributed by atoms with Gasteiger partial charge in [-0.15, -0.1) is 0 Å². The first-order valence-corrected chi connectivity index (χ1v) is 10.2. The Balaban J connectivity index is 1.64. The van der Waals surface area contributed by atoms with Crippen LogP contribution in [0.15, 0.2) is 66.8 Å². The third kappa shape index (κ3) is 4.06. The molecule has 5 rings (SSSR count). The number of imide groups is 1. The lowest BCUT2D eigenvalue weighted by atomic mass is 10.2. The highest BCUT2D eigenvalue weighted by Crippen LogP contribution is 2.29. The average Bonchev–Trinajstić information content (AvgIpc) is 3.35. The zero-order valence-corrected chi connectivity index (χ0v) is 18.0. The molecule has 4 aromatic rings. The number of nitrogens with zero attached hydrogens (tertiary/aromatic N) is 5. The van der Waals surface area contributed by atoms with E-state index < -0.39 is 11.9 Å². The first-order valence-electron chi connectivity index (χ1n) is 9.87. The number of fused-ring (bicyclic) bond motifs is 1. The summed E-state index contributed by atoms with van der Waals surface area (Å²) in [4.78, 5) is 34.2. The maximum absolute atomic E-state index is 12.0. The van der Waals surface area contributed by atoms with Crippen molar-refractivity contribution in [3.05, 3.63) is 77.3 Å². The Kier molecular flexibility index (Phi) is 5.11. The van der Waals surface area contributed by atoms with Crippen molar-refractivity contribution in [3.8, 4) is 0 Å². The number of anilines is 4. The van der Waals surface area contributed by atoms with Gasteiger partial charge in [-0.25, -0.2) is 9.78 Å². The summed E-state index contributed by atoms with van der Waals surface area (Å²) < 4.78 is 1.66. The first-order chi connectivity index (χ1) is 16.0. The highest BCUT2D eigenvalue weighted by Gasteiger charge is 2.24. The number of benzene rings is 1. The molecule has 11 heteroatoms. The van der Waals surface area contributed by atoms with Crippen LogP contribution in [0.4, 0.5) is 27.8 Å². The monoisotopic (exact) mass is 460 g/mol. The first kappa shape index (κ1) is 20.5. The summed E-state index contributed by atoms with van der Waals surface area (Å²) in [6.07, 6.45) is 6.53. The molecule has 0 radical (unpaired) electrons. The number of hydrogen-bond acceptors (Lipinski definition) is 7. The summed E-state index contributed by atoms with van der Waals surface area (Å²) >= 11 is 6.13. The van der Waals surface area contributed by atoms with E-state index in [1.807, 2.05) is 42.3 Å². The Morgan fingerprint density at radius 1 is 1.12 bits per heavy atom. The van der Waals surface area contributed by atoms with E-state index in [1.165, 1.54) is 6.08 Å². The molecule has 4 heterocycles. The third-order valence-electron chi connectivity index (χ3n) is 4.99. The predicted molar refractivity (Wildman–Crippen MR) is 125 cm³/mol. The topological polar surface area (TPSA) is 117 Å². The lowest BCUT2D eigenvalue weighted by Crippen LogP contribution is -2.22. The van der Waals surface area contributed by atoms with Crippen molar-refractivity contribution in [3.63, 3.8) is 0 Å². The zero-order chi connectivity index (χ0) is 22.9. The fourth-order valence-corrected chi connectivity index (χ4v) is 3.61. The van der Waals surface area contributed by atoms with Gasteiger partial charge in [-0.2, -0.15) is 9.61 Å². The zero-order valence-electron chi connectivity index (χ0n) is 17.3. The summed E-state index contributed by atoms with van der Waals surface area (Å²) in [6.45, 7) is 0. The average molecular weight is 461 g/mol. The predicted octanol–water partition coefficient (Wildman–Crippen LogP) is 3.47. The summed E-state index contributed by atoms with van der Waals surface area (Å²) in [5.74, 6) is 0.739. The standard InChI is InChI=1S/C22H17ClN8O2/c1-30(16-5-7-24-8-6-16)19-11-18(26-15-4-2-3-14(23)10-15)28-20-13(12-25-31(19)20)9-17-21(32)29-22(33)27-17/h2-12H,1H3,(H,26,28)(H2,27,29,32,33)/b17-9+. The molecular formula is C22H17ClN8O2. The van der Waals surface area contributed by atoms with E-state index in [1.54, 1.807) is 35.2 Å². The number of aromatic nitrogens is 4. The van der Waals surface area contributed by atoms with Crippen LogP contribution in [0.25, 0.3) is 11.7 Å². The van der Waals surface area contributed by atoms with E-state index in [2.05, 4.69) is 26.0 Å². The number of rotatable bonds is 5. The number of carbonyl (C=O) groups excluding carboxylic acids is 2. The van der Waals surface area contributed by atoms with Crippen molar-refractivity contribution in [2.45, 2.75) is 0 Å². The van der Waals surface area contributed by atoms with Crippen molar-refractivity contribution < 1.29 is 9.59 Å². The van der Waals surface area contributed by atoms with Crippen molar-refractivity contribution in [1.29, 1.82) is 0 Å². The molecule has 164 valence electrons. The van der Waals surface area contributed by atoms with E-state index in [0.29, 0.717) is 27.9 Å². The Hall–Kier alpha value is -4.44. The van der Waals surface area contributed by atoms with Gasteiger partial charge in [0, 0.05) is 47.5 Å². The fraction of sp³-hybridized carbons (Fsp3) is 0.0455. The van der Waals surface area contributed by atoms with Crippen LogP contribution in [0.2, 0.25) is 5.02 Å². The largest absolute Gasteiger partial charge is 0.340 e. The van der Waals surface area contributed by atoms with Crippen molar-refractivity contribution in [2.24, 2.45) is 0 Å². The molecule has 0 unspecified atom stereocenters. The fourth-order valence-electron chi connectivity index (χ4n) is 3.42. The van der Waals surface area contributed by atoms with Crippen LogP contribution in [0.3, 0.4) is 0 Å². The number of carbonyl (C=O) groups is 2. The summed E-state index contributed by atoms with van der Waals surface area (Å²) in [6, 6.07) is 12.3. The molecule has 3 N–H and O–H groups in total. The maximum atomic E-state index is 12.0. The van der Waals surface area contributed by atoms with Gasteiger partial charge in [0.05, 0.1) is 6.20 Å². The van der Waals surface area contributed by atoms with E-state index in [0.717, 1.165) is 11.4 Å². The summed E-state index contributed by atoms with van der Waals surface area (Å²) in [5.41, 5.74) is 2.82. The van der Waals surface area contributed by atoms with Crippen LogP contribution in [0.1, 0.15) is 5.56 Å². The van der Waals surface area contributed by atoms with Crippen LogP contribution in [0, 0.1) is 0 Å². The van der Waals surface area contributed by atoms with Crippen molar-refractivity contribution in [1.82, 2.24) is 30.2 Å². The van der Waals surface area contributed by atoms with E-state index in [9.17, 15) is 9.59 Å². The van der Waals surface area contributed by atoms with Crippen molar-refractivity contribution in [2.75, 3.05) is 17.3 Å². The van der Waals surface area contributed by atoms with Gasteiger partial charge < -0.3 is 15.5 Å². The SMILES string of the molecule is CN(c1ccncc1)c1cc(Nc2cccc(Cl)c2)nc2c(/C=C3/NC(=O)NC3=O)cnn12. The molecule has 1 aliphatic rings. The van der Waals surface area contributed by atoms with Gasteiger partial charge in [0.1, 0.15) is 17.3 Å². The Morgan fingerprint density at radius 2 is 1.94 bits per heavy atom. The van der Waals surface area contributed by atoms with Crippen molar-refractivity contribution >= 4 is 58.3 Å².